The van der Waals surface area contributed by atoms with Crippen LogP contribution in [-0.4, -0.2) is 49.1 Å². The molecule has 0 bridgehead atoms. The lowest BCUT2D eigenvalue weighted by molar-refractivity contribution is -0.122. The molecule has 2 atom stereocenters. The number of hydrogen-bond acceptors (Lipinski definition) is 3. The summed E-state index contributed by atoms with van der Waals surface area (Å²) in [6, 6.07) is 0.961. The molecule has 0 radical (unpaired) electrons. The summed E-state index contributed by atoms with van der Waals surface area (Å²) < 4.78 is 0. The maximum Gasteiger partial charge on any atom is 0.237 e. The van der Waals surface area contributed by atoms with Crippen molar-refractivity contribution < 1.29 is 4.79 Å². The fraction of sp³-hybridized carbons (Fsp3) is 0.923. The summed E-state index contributed by atoms with van der Waals surface area (Å²) in [6.07, 6.45) is 6.19. The van der Waals surface area contributed by atoms with Gasteiger partial charge in [-0.1, -0.05) is 0 Å². The predicted molar refractivity (Wildman–Crippen MR) is 66.7 cm³/mol. The van der Waals surface area contributed by atoms with Crippen LogP contribution in [0.2, 0.25) is 0 Å². The zero-order valence-corrected chi connectivity index (χ0v) is 10.5. The molecule has 4 heteroatoms. The van der Waals surface area contributed by atoms with Crippen LogP contribution in [0, 0.1) is 5.92 Å². The van der Waals surface area contributed by atoms with Crippen molar-refractivity contribution in [2.45, 2.75) is 44.2 Å². The molecule has 1 saturated carbocycles. The van der Waals surface area contributed by atoms with Gasteiger partial charge in [0.1, 0.15) is 0 Å². The predicted octanol–water partition coefficient (Wildman–Crippen LogP) is 0.339. The molecule has 2 saturated heterocycles. The van der Waals surface area contributed by atoms with E-state index in [9.17, 15) is 4.79 Å². The van der Waals surface area contributed by atoms with Crippen molar-refractivity contribution in [3.8, 4) is 0 Å². The summed E-state index contributed by atoms with van der Waals surface area (Å²) in [4.78, 5) is 14.4. The van der Waals surface area contributed by atoms with Crippen LogP contribution in [0.3, 0.4) is 0 Å². The van der Waals surface area contributed by atoms with E-state index in [4.69, 9.17) is 0 Å². The number of rotatable bonds is 4. The van der Waals surface area contributed by atoms with Gasteiger partial charge < -0.3 is 15.5 Å². The van der Waals surface area contributed by atoms with E-state index >= 15 is 0 Å². The lowest BCUT2D eigenvalue weighted by Gasteiger charge is -2.16. The molecule has 1 unspecified atom stereocenters. The number of nitrogens with zero attached hydrogens (tertiary/aromatic N) is 1. The molecule has 3 fully saturated rings. The van der Waals surface area contributed by atoms with Gasteiger partial charge in [-0.15, -0.1) is 0 Å². The molecule has 2 heterocycles. The molecule has 3 aliphatic rings. The van der Waals surface area contributed by atoms with Crippen LogP contribution in [0.4, 0.5) is 0 Å². The maximum absolute atomic E-state index is 11.8. The average Bonchev–Trinajstić information content (AvgIpc) is 2.88. The molecule has 1 aliphatic carbocycles. The van der Waals surface area contributed by atoms with Gasteiger partial charge in [-0.05, 0) is 51.1 Å². The molecular formula is C13H23N3O. The first-order valence-electron chi connectivity index (χ1n) is 7.08. The molecule has 1 amide bonds. The topological polar surface area (TPSA) is 44.4 Å². The number of nitrogens with one attached hydrogen (secondary N) is 2. The average molecular weight is 237 g/mol. The summed E-state index contributed by atoms with van der Waals surface area (Å²) >= 11 is 0. The summed E-state index contributed by atoms with van der Waals surface area (Å²) in [5.74, 6) is 0.897. The Labute approximate surface area is 103 Å². The summed E-state index contributed by atoms with van der Waals surface area (Å²) in [6.45, 7) is 4.31. The van der Waals surface area contributed by atoms with Gasteiger partial charge in [-0.3, -0.25) is 4.79 Å². The Morgan fingerprint density at radius 1 is 1.29 bits per heavy atom. The molecule has 2 aliphatic heterocycles. The van der Waals surface area contributed by atoms with Crippen LogP contribution >= 0.6 is 0 Å². The van der Waals surface area contributed by atoms with Gasteiger partial charge in [-0.2, -0.15) is 0 Å². The van der Waals surface area contributed by atoms with Gasteiger partial charge in [-0.25, -0.2) is 0 Å². The molecule has 2 N–H and O–H groups in total. The first kappa shape index (κ1) is 11.5. The van der Waals surface area contributed by atoms with Gasteiger partial charge in [0.15, 0.2) is 0 Å². The Kier molecular flexibility index (Phi) is 3.34. The Bertz CT molecular complexity index is 284. The lowest BCUT2D eigenvalue weighted by atomic mass is 10.1. The lowest BCUT2D eigenvalue weighted by Crippen LogP contribution is -2.42. The fourth-order valence-electron chi connectivity index (χ4n) is 3.08. The van der Waals surface area contributed by atoms with Gasteiger partial charge in [0, 0.05) is 19.1 Å². The van der Waals surface area contributed by atoms with Gasteiger partial charge in [0.25, 0.3) is 0 Å². The van der Waals surface area contributed by atoms with Gasteiger partial charge in [0.05, 0.1) is 6.04 Å². The summed E-state index contributed by atoms with van der Waals surface area (Å²) in [5.41, 5.74) is 0. The third kappa shape index (κ3) is 2.80. The smallest absolute Gasteiger partial charge is 0.237 e. The van der Waals surface area contributed by atoms with Crippen LogP contribution in [0.5, 0.6) is 0 Å². The second-order valence-corrected chi connectivity index (χ2v) is 5.77. The van der Waals surface area contributed by atoms with Gasteiger partial charge in [0.2, 0.25) is 5.91 Å². The molecule has 3 rings (SSSR count). The minimum absolute atomic E-state index is 0.0796. The Morgan fingerprint density at radius 3 is 2.88 bits per heavy atom. The van der Waals surface area contributed by atoms with Crippen molar-refractivity contribution >= 4 is 5.91 Å². The first-order chi connectivity index (χ1) is 8.33. The number of carbonyl (C=O) groups is 1. The summed E-state index contributed by atoms with van der Waals surface area (Å²) in [7, 11) is 0. The highest BCUT2D eigenvalue weighted by Gasteiger charge is 2.34. The highest BCUT2D eigenvalue weighted by Crippen LogP contribution is 2.31. The van der Waals surface area contributed by atoms with E-state index in [1.807, 2.05) is 0 Å². The number of amides is 1. The first-order valence-corrected chi connectivity index (χ1v) is 7.08. The SMILES string of the molecule is O=C(NCC1CCN(C2CC2)C1)[C@H]1CCCN1. The fourth-order valence-corrected chi connectivity index (χ4v) is 3.08. The minimum Gasteiger partial charge on any atom is -0.354 e. The van der Waals surface area contributed by atoms with Crippen molar-refractivity contribution in [2.24, 2.45) is 5.92 Å². The zero-order valence-electron chi connectivity index (χ0n) is 10.5. The molecule has 0 spiro atoms. The third-order valence-electron chi connectivity index (χ3n) is 4.32. The van der Waals surface area contributed by atoms with Crippen molar-refractivity contribution in [1.82, 2.24) is 15.5 Å². The highest BCUT2D eigenvalue weighted by molar-refractivity contribution is 5.81. The van der Waals surface area contributed by atoms with Crippen LogP contribution in [0.25, 0.3) is 0 Å². The molecular weight excluding hydrogens is 214 g/mol. The van der Waals surface area contributed by atoms with E-state index in [2.05, 4.69) is 15.5 Å². The zero-order chi connectivity index (χ0) is 11.7. The van der Waals surface area contributed by atoms with E-state index in [-0.39, 0.29) is 11.9 Å². The number of hydrogen-bond donors (Lipinski definition) is 2. The molecule has 0 aromatic carbocycles. The molecule has 4 nitrogen and oxygen atoms in total. The van der Waals surface area contributed by atoms with Crippen molar-refractivity contribution in [3.63, 3.8) is 0 Å². The van der Waals surface area contributed by atoms with Crippen molar-refractivity contribution in [3.05, 3.63) is 0 Å². The highest BCUT2D eigenvalue weighted by atomic mass is 16.2. The maximum atomic E-state index is 11.8. The summed E-state index contributed by atoms with van der Waals surface area (Å²) in [5, 5.41) is 6.36. The Morgan fingerprint density at radius 2 is 2.18 bits per heavy atom. The number of carbonyl (C=O) groups excluding carboxylic acids is 1. The van der Waals surface area contributed by atoms with Crippen LogP contribution < -0.4 is 10.6 Å². The third-order valence-corrected chi connectivity index (χ3v) is 4.32. The largest absolute Gasteiger partial charge is 0.354 e. The van der Waals surface area contributed by atoms with Gasteiger partial charge >= 0.3 is 0 Å². The van der Waals surface area contributed by atoms with Crippen molar-refractivity contribution in [2.75, 3.05) is 26.2 Å². The van der Waals surface area contributed by atoms with E-state index < -0.39 is 0 Å². The molecule has 17 heavy (non-hydrogen) atoms. The van der Waals surface area contributed by atoms with Crippen LogP contribution in [0.1, 0.15) is 32.1 Å². The normalized spacial score (nSPS) is 34.1. The van der Waals surface area contributed by atoms with E-state index in [0.717, 1.165) is 32.0 Å². The van der Waals surface area contributed by atoms with Crippen LogP contribution in [-0.2, 0) is 4.79 Å². The second kappa shape index (κ2) is 4.94. The Hall–Kier alpha value is -0.610. The minimum atomic E-state index is 0.0796. The molecule has 0 aromatic heterocycles. The van der Waals surface area contributed by atoms with E-state index in [1.54, 1.807) is 0 Å². The van der Waals surface area contributed by atoms with Crippen molar-refractivity contribution in [1.29, 1.82) is 0 Å². The monoisotopic (exact) mass is 237 g/mol. The molecule has 0 aromatic rings. The van der Waals surface area contributed by atoms with Crippen LogP contribution in [0.15, 0.2) is 0 Å². The molecule has 96 valence electrons. The quantitative estimate of drug-likeness (QED) is 0.741. The van der Waals surface area contributed by atoms with E-state index in [0.29, 0.717) is 5.92 Å². The second-order valence-electron chi connectivity index (χ2n) is 5.77. The standard InChI is InChI=1S/C13H23N3O/c17-13(12-2-1-6-14-12)15-8-10-5-7-16(9-10)11-3-4-11/h10-12,14H,1-9H2,(H,15,17)/t10?,12-/m1/s1. The Balaban J connectivity index is 1.37. The van der Waals surface area contributed by atoms with E-state index in [1.165, 1.54) is 32.4 Å². The number of likely N-dealkylation sites (tertiary alicyclic amines) is 1.